The average Bonchev–Trinajstić information content (AvgIpc) is 3.18. The van der Waals surface area contributed by atoms with E-state index in [1.54, 1.807) is 6.20 Å². The molecule has 138 valence electrons. The van der Waals surface area contributed by atoms with Gasteiger partial charge in [0.05, 0.1) is 17.5 Å². The normalized spacial score (nSPS) is 14.4. The second kappa shape index (κ2) is 7.45. The van der Waals surface area contributed by atoms with Crippen molar-refractivity contribution >= 4 is 23.2 Å². The molecule has 0 bridgehead atoms. The summed E-state index contributed by atoms with van der Waals surface area (Å²) in [4.78, 5) is 17.2. The Labute approximate surface area is 163 Å². The van der Waals surface area contributed by atoms with Gasteiger partial charge in [0, 0.05) is 42.5 Å². The molecule has 27 heavy (non-hydrogen) atoms. The Kier molecular flexibility index (Phi) is 4.86. The molecule has 0 atom stereocenters. The number of carbonyl (C=O) groups excluding carboxylic acids is 1. The van der Waals surface area contributed by atoms with Crippen LogP contribution in [0.3, 0.4) is 0 Å². The first-order valence-electron chi connectivity index (χ1n) is 9.02. The Balaban J connectivity index is 1.46. The predicted molar refractivity (Wildman–Crippen MR) is 108 cm³/mol. The number of nitrogens with zero attached hydrogens (tertiary/aromatic N) is 3. The van der Waals surface area contributed by atoms with Crippen LogP contribution >= 0.6 is 11.6 Å². The number of halogens is 1. The van der Waals surface area contributed by atoms with E-state index in [4.69, 9.17) is 11.6 Å². The summed E-state index contributed by atoms with van der Waals surface area (Å²) >= 11 is 5.97. The third-order valence-electron chi connectivity index (χ3n) is 4.97. The molecule has 1 aliphatic rings. The molecule has 2 aromatic carbocycles. The molecule has 1 saturated heterocycles. The molecule has 1 N–H and O–H groups in total. The minimum atomic E-state index is 0.0232. The highest BCUT2D eigenvalue weighted by atomic mass is 35.5. The van der Waals surface area contributed by atoms with Crippen LogP contribution in [-0.2, 0) is 0 Å². The SMILES string of the molecule is Cc1ccc(-c2[nH]ncc2C(=O)N2CCN(c3ccc(Cl)cc3)CC2)cc1. The number of hydrogen-bond donors (Lipinski definition) is 1. The van der Waals surface area contributed by atoms with Crippen LogP contribution in [0.2, 0.25) is 5.02 Å². The van der Waals surface area contributed by atoms with Crippen molar-refractivity contribution in [3.8, 4) is 11.3 Å². The van der Waals surface area contributed by atoms with Crippen molar-refractivity contribution in [3.05, 3.63) is 70.9 Å². The van der Waals surface area contributed by atoms with Crippen LogP contribution in [-0.4, -0.2) is 47.2 Å². The number of amides is 1. The lowest BCUT2D eigenvalue weighted by atomic mass is 10.1. The van der Waals surface area contributed by atoms with Gasteiger partial charge in [0.1, 0.15) is 0 Å². The summed E-state index contributed by atoms with van der Waals surface area (Å²) in [5, 5.41) is 7.83. The molecular formula is C21H21ClN4O. The number of benzene rings is 2. The number of H-pyrrole nitrogens is 1. The molecule has 0 spiro atoms. The van der Waals surface area contributed by atoms with Gasteiger partial charge >= 0.3 is 0 Å². The highest BCUT2D eigenvalue weighted by Gasteiger charge is 2.25. The number of aryl methyl sites for hydroxylation is 1. The first-order chi connectivity index (χ1) is 13.1. The maximum atomic E-state index is 13.0. The fraction of sp³-hybridized carbons (Fsp3) is 0.238. The van der Waals surface area contributed by atoms with E-state index < -0.39 is 0 Å². The standard InChI is InChI=1S/C21H21ClN4O/c1-15-2-4-16(5-3-15)20-19(14-23-24-20)21(27)26-12-10-25(11-13-26)18-8-6-17(22)7-9-18/h2-9,14H,10-13H2,1H3,(H,23,24). The molecule has 4 rings (SSSR count). The van der Waals surface area contributed by atoms with E-state index in [9.17, 15) is 4.79 Å². The molecule has 6 heteroatoms. The van der Waals surface area contributed by atoms with Gasteiger partial charge in [-0.05, 0) is 31.2 Å². The molecule has 2 heterocycles. The van der Waals surface area contributed by atoms with Crippen LogP contribution in [0.1, 0.15) is 15.9 Å². The topological polar surface area (TPSA) is 52.2 Å². The molecule has 0 aliphatic carbocycles. The van der Waals surface area contributed by atoms with Crippen molar-refractivity contribution in [1.29, 1.82) is 0 Å². The Morgan fingerprint density at radius 3 is 2.33 bits per heavy atom. The van der Waals surface area contributed by atoms with Crippen molar-refractivity contribution in [2.24, 2.45) is 0 Å². The van der Waals surface area contributed by atoms with Crippen molar-refractivity contribution in [2.75, 3.05) is 31.1 Å². The van der Waals surface area contributed by atoms with Crippen LogP contribution in [0.4, 0.5) is 5.69 Å². The summed E-state index contributed by atoms with van der Waals surface area (Å²) in [5.41, 5.74) is 4.69. The number of rotatable bonds is 3. The highest BCUT2D eigenvalue weighted by molar-refractivity contribution is 6.30. The van der Waals surface area contributed by atoms with Gasteiger partial charge in [-0.3, -0.25) is 9.89 Å². The lowest BCUT2D eigenvalue weighted by molar-refractivity contribution is 0.0747. The number of aromatic nitrogens is 2. The van der Waals surface area contributed by atoms with Crippen LogP contribution in [0.25, 0.3) is 11.3 Å². The molecule has 3 aromatic rings. The van der Waals surface area contributed by atoms with E-state index >= 15 is 0 Å². The quantitative estimate of drug-likeness (QED) is 0.747. The molecule has 0 radical (unpaired) electrons. The number of anilines is 1. The Bertz CT molecular complexity index is 926. The van der Waals surface area contributed by atoms with Gasteiger partial charge < -0.3 is 9.80 Å². The number of nitrogens with one attached hydrogen (secondary N) is 1. The monoisotopic (exact) mass is 380 g/mol. The van der Waals surface area contributed by atoms with E-state index in [2.05, 4.69) is 15.1 Å². The number of piperazine rings is 1. The second-order valence-electron chi connectivity index (χ2n) is 6.78. The first-order valence-corrected chi connectivity index (χ1v) is 9.40. The molecule has 1 aliphatic heterocycles. The van der Waals surface area contributed by atoms with Crippen LogP contribution in [0.15, 0.2) is 54.7 Å². The maximum Gasteiger partial charge on any atom is 0.257 e. The predicted octanol–water partition coefficient (Wildman–Crippen LogP) is 4.00. The average molecular weight is 381 g/mol. The first kappa shape index (κ1) is 17.6. The van der Waals surface area contributed by atoms with Crippen LogP contribution in [0, 0.1) is 6.92 Å². The molecule has 0 unspecified atom stereocenters. The fourth-order valence-electron chi connectivity index (χ4n) is 3.38. The van der Waals surface area contributed by atoms with E-state index in [-0.39, 0.29) is 5.91 Å². The minimum Gasteiger partial charge on any atom is -0.368 e. The van der Waals surface area contributed by atoms with E-state index in [1.165, 1.54) is 5.56 Å². The largest absolute Gasteiger partial charge is 0.368 e. The smallest absolute Gasteiger partial charge is 0.257 e. The number of carbonyl (C=O) groups is 1. The summed E-state index contributed by atoms with van der Waals surface area (Å²) < 4.78 is 0. The van der Waals surface area contributed by atoms with Crippen molar-refractivity contribution in [1.82, 2.24) is 15.1 Å². The van der Waals surface area contributed by atoms with E-state index in [0.717, 1.165) is 35.1 Å². The van der Waals surface area contributed by atoms with Crippen LogP contribution < -0.4 is 4.90 Å². The molecule has 1 amide bonds. The molecule has 5 nitrogen and oxygen atoms in total. The van der Waals surface area contributed by atoms with Gasteiger partial charge in [-0.1, -0.05) is 41.4 Å². The fourth-order valence-corrected chi connectivity index (χ4v) is 3.50. The summed E-state index contributed by atoms with van der Waals surface area (Å²) in [6.45, 7) is 5.00. The zero-order valence-electron chi connectivity index (χ0n) is 15.2. The zero-order valence-corrected chi connectivity index (χ0v) is 15.9. The summed E-state index contributed by atoms with van der Waals surface area (Å²) in [5.74, 6) is 0.0232. The lowest BCUT2D eigenvalue weighted by Gasteiger charge is -2.36. The summed E-state index contributed by atoms with van der Waals surface area (Å²) in [6, 6.07) is 15.9. The Hall–Kier alpha value is -2.79. The van der Waals surface area contributed by atoms with Gasteiger partial charge in [0.25, 0.3) is 5.91 Å². The third-order valence-corrected chi connectivity index (χ3v) is 5.22. The highest BCUT2D eigenvalue weighted by Crippen LogP contribution is 2.24. The van der Waals surface area contributed by atoms with Crippen molar-refractivity contribution in [2.45, 2.75) is 6.92 Å². The van der Waals surface area contributed by atoms with E-state index in [0.29, 0.717) is 18.7 Å². The second-order valence-corrected chi connectivity index (χ2v) is 7.22. The Morgan fingerprint density at radius 1 is 1.00 bits per heavy atom. The van der Waals surface area contributed by atoms with E-state index in [1.807, 2.05) is 60.4 Å². The van der Waals surface area contributed by atoms with Gasteiger partial charge in [-0.25, -0.2) is 0 Å². The number of hydrogen-bond acceptors (Lipinski definition) is 3. The zero-order chi connectivity index (χ0) is 18.8. The molecular weight excluding hydrogens is 360 g/mol. The molecule has 0 saturated carbocycles. The Morgan fingerprint density at radius 2 is 1.67 bits per heavy atom. The van der Waals surface area contributed by atoms with Gasteiger partial charge in [-0.15, -0.1) is 0 Å². The summed E-state index contributed by atoms with van der Waals surface area (Å²) in [7, 11) is 0. The van der Waals surface area contributed by atoms with Gasteiger partial charge in [0.15, 0.2) is 0 Å². The third kappa shape index (κ3) is 3.69. The maximum absolute atomic E-state index is 13.0. The van der Waals surface area contributed by atoms with Crippen LogP contribution in [0.5, 0.6) is 0 Å². The lowest BCUT2D eigenvalue weighted by Crippen LogP contribution is -2.48. The number of aromatic amines is 1. The van der Waals surface area contributed by atoms with Gasteiger partial charge in [0.2, 0.25) is 0 Å². The summed E-state index contributed by atoms with van der Waals surface area (Å²) in [6.07, 6.45) is 1.63. The molecule has 1 fully saturated rings. The minimum absolute atomic E-state index is 0.0232. The van der Waals surface area contributed by atoms with Gasteiger partial charge in [-0.2, -0.15) is 5.10 Å². The van der Waals surface area contributed by atoms with Crippen molar-refractivity contribution < 1.29 is 4.79 Å². The van der Waals surface area contributed by atoms with Crippen molar-refractivity contribution in [3.63, 3.8) is 0 Å². The molecule has 1 aromatic heterocycles.